The van der Waals surface area contributed by atoms with E-state index < -0.39 is 5.91 Å². The smallest absolute Gasteiger partial charge is 0.287 e. The summed E-state index contributed by atoms with van der Waals surface area (Å²) in [5.74, 6) is 5.33. The molecule has 1 aromatic rings. The summed E-state index contributed by atoms with van der Waals surface area (Å²) in [5.41, 5.74) is 2.10. The van der Waals surface area contributed by atoms with Crippen molar-refractivity contribution in [1.82, 2.24) is 10.6 Å². The molecule has 0 spiro atoms. The zero-order chi connectivity index (χ0) is 8.27. The van der Waals surface area contributed by atoms with Crippen molar-refractivity contribution in [2.24, 2.45) is 5.84 Å². The minimum Gasteiger partial charge on any atom is -0.360 e. The number of rotatable bonds is 2. The molecule has 0 saturated carbocycles. The molecule has 0 aliphatic rings. The first-order valence-corrected chi connectivity index (χ1v) is 3.48. The van der Waals surface area contributed by atoms with Crippen LogP contribution >= 0.6 is 12.6 Å². The van der Waals surface area contributed by atoms with Gasteiger partial charge in [0.25, 0.3) is 5.91 Å². The molecule has 0 aromatic carbocycles. The molecule has 0 radical (unpaired) electrons. The number of nitrogens with two attached hydrogens (primary N) is 1. The van der Waals surface area contributed by atoms with Gasteiger partial charge in [0.05, 0.1) is 5.75 Å². The van der Waals surface area contributed by atoms with E-state index in [9.17, 15) is 4.79 Å². The van der Waals surface area contributed by atoms with Gasteiger partial charge in [0.15, 0.2) is 5.69 Å². The number of hydrogen-bond donors (Lipinski definition) is 3. The van der Waals surface area contributed by atoms with Crippen molar-refractivity contribution >= 4 is 18.5 Å². The number of aromatic nitrogens is 1. The van der Waals surface area contributed by atoms with Crippen LogP contribution in [0.2, 0.25) is 0 Å². The van der Waals surface area contributed by atoms with E-state index in [1.165, 1.54) is 6.07 Å². The summed E-state index contributed by atoms with van der Waals surface area (Å²) < 4.78 is 4.69. The molecular formula is C5H7N3O2S. The molecule has 0 atom stereocenters. The summed E-state index contributed by atoms with van der Waals surface area (Å²) in [6.45, 7) is 0. The molecule has 6 heteroatoms. The second-order valence-corrected chi connectivity index (χ2v) is 2.13. The maximum Gasteiger partial charge on any atom is 0.287 e. The molecule has 0 bridgehead atoms. The van der Waals surface area contributed by atoms with E-state index in [-0.39, 0.29) is 5.69 Å². The zero-order valence-electron chi connectivity index (χ0n) is 5.57. The van der Waals surface area contributed by atoms with E-state index in [4.69, 9.17) is 10.4 Å². The monoisotopic (exact) mass is 173 g/mol. The van der Waals surface area contributed by atoms with E-state index in [0.717, 1.165) is 0 Å². The lowest BCUT2D eigenvalue weighted by molar-refractivity contribution is 0.0944. The maximum atomic E-state index is 10.8. The molecule has 0 saturated heterocycles. The molecule has 0 aliphatic heterocycles. The minimum atomic E-state index is -0.471. The fourth-order valence-corrected chi connectivity index (χ4v) is 0.717. The summed E-state index contributed by atoms with van der Waals surface area (Å²) in [6, 6.07) is 1.48. The molecule has 0 unspecified atom stereocenters. The van der Waals surface area contributed by atoms with Gasteiger partial charge in [0, 0.05) is 6.07 Å². The highest BCUT2D eigenvalue weighted by molar-refractivity contribution is 7.79. The van der Waals surface area contributed by atoms with Crippen LogP contribution < -0.4 is 11.3 Å². The first-order chi connectivity index (χ1) is 5.27. The molecule has 1 aromatic heterocycles. The van der Waals surface area contributed by atoms with Crippen molar-refractivity contribution in [1.29, 1.82) is 0 Å². The standard InChI is InChI=1S/C5H7N3O2S/c6-7-5(9)4-1-3(2-11)10-8-4/h1,11H,2,6H2,(H,7,9). The Bertz CT molecular complexity index is 260. The molecule has 60 valence electrons. The van der Waals surface area contributed by atoms with Gasteiger partial charge in [-0.1, -0.05) is 5.16 Å². The van der Waals surface area contributed by atoms with Gasteiger partial charge in [-0.2, -0.15) is 12.6 Å². The van der Waals surface area contributed by atoms with Crippen LogP contribution in [-0.4, -0.2) is 11.1 Å². The van der Waals surface area contributed by atoms with Crippen LogP contribution in [0.25, 0.3) is 0 Å². The van der Waals surface area contributed by atoms with Crippen LogP contribution in [0.1, 0.15) is 16.2 Å². The van der Waals surface area contributed by atoms with Crippen molar-refractivity contribution in [3.05, 3.63) is 17.5 Å². The normalized spacial score (nSPS) is 9.64. The van der Waals surface area contributed by atoms with Gasteiger partial charge in [0.2, 0.25) is 0 Å². The van der Waals surface area contributed by atoms with E-state index >= 15 is 0 Å². The molecule has 3 N–H and O–H groups in total. The number of nitrogens with one attached hydrogen (secondary N) is 1. The molecule has 5 nitrogen and oxygen atoms in total. The maximum absolute atomic E-state index is 10.8. The second kappa shape index (κ2) is 3.40. The molecule has 1 amide bonds. The number of nitrogen functional groups attached to an aromatic ring is 1. The number of hydrogen-bond acceptors (Lipinski definition) is 5. The SMILES string of the molecule is NNC(=O)c1cc(CS)on1. The fraction of sp³-hybridized carbons (Fsp3) is 0.200. The average molecular weight is 173 g/mol. The van der Waals surface area contributed by atoms with E-state index in [1.54, 1.807) is 0 Å². The van der Waals surface area contributed by atoms with E-state index in [0.29, 0.717) is 11.5 Å². The number of hydrazine groups is 1. The number of amides is 1. The van der Waals surface area contributed by atoms with Gasteiger partial charge in [-0.25, -0.2) is 5.84 Å². The number of carbonyl (C=O) groups excluding carboxylic acids is 1. The van der Waals surface area contributed by atoms with Crippen molar-refractivity contribution in [3.8, 4) is 0 Å². The Morgan fingerprint density at radius 1 is 1.91 bits per heavy atom. The largest absolute Gasteiger partial charge is 0.360 e. The number of carbonyl (C=O) groups is 1. The zero-order valence-corrected chi connectivity index (χ0v) is 6.47. The van der Waals surface area contributed by atoms with Gasteiger partial charge in [-0.05, 0) is 0 Å². The average Bonchev–Trinajstić information content (AvgIpc) is 2.50. The lowest BCUT2D eigenvalue weighted by Gasteiger charge is -1.88. The Balaban J connectivity index is 2.80. The third kappa shape index (κ3) is 1.72. The van der Waals surface area contributed by atoms with Crippen molar-refractivity contribution in [2.75, 3.05) is 0 Å². The first kappa shape index (κ1) is 8.09. The molecule has 1 rings (SSSR count). The van der Waals surface area contributed by atoms with E-state index in [2.05, 4.69) is 17.8 Å². The Morgan fingerprint density at radius 3 is 3.09 bits per heavy atom. The van der Waals surface area contributed by atoms with Crippen LogP contribution in [-0.2, 0) is 5.75 Å². The topological polar surface area (TPSA) is 81.1 Å². The van der Waals surface area contributed by atoms with Crippen LogP contribution in [0, 0.1) is 0 Å². The second-order valence-electron chi connectivity index (χ2n) is 1.81. The molecular weight excluding hydrogens is 166 g/mol. The lowest BCUT2D eigenvalue weighted by Crippen LogP contribution is -2.30. The highest BCUT2D eigenvalue weighted by atomic mass is 32.1. The minimum absolute atomic E-state index is 0.163. The van der Waals surface area contributed by atoms with Crippen LogP contribution in [0.4, 0.5) is 0 Å². The van der Waals surface area contributed by atoms with Gasteiger partial charge in [0.1, 0.15) is 5.76 Å². The summed E-state index contributed by atoms with van der Waals surface area (Å²) in [6.07, 6.45) is 0. The van der Waals surface area contributed by atoms with Crippen molar-refractivity contribution in [3.63, 3.8) is 0 Å². The Labute approximate surface area is 68.3 Å². The summed E-state index contributed by atoms with van der Waals surface area (Å²) >= 11 is 3.92. The number of nitrogens with zero attached hydrogens (tertiary/aromatic N) is 1. The molecule has 11 heavy (non-hydrogen) atoms. The van der Waals surface area contributed by atoms with Crippen molar-refractivity contribution in [2.45, 2.75) is 5.75 Å². The third-order valence-corrected chi connectivity index (χ3v) is 1.39. The predicted octanol–water partition coefficient (Wildman–Crippen LogP) is -0.292. The Kier molecular flexibility index (Phi) is 2.50. The Morgan fingerprint density at radius 2 is 2.64 bits per heavy atom. The van der Waals surface area contributed by atoms with Crippen molar-refractivity contribution < 1.29 is 9.32 Å². The molecule has 0 aliphatic carbocycles. The van der Waals surface area contributed by atoms with Gasteiger partial charge in [-0.15, -0.1) is 0 Å². The summed E-state index contributed by atoms with van der Waals surface area (Å²) in [7, 11) is 0. The highest BCUT2D eigenvalue weighted by Crippen LogP contribution is 2.05. The van der Waals surface area contributed by atoms with E-state index in [1.807, 2.05) is 5.43 Å². The van der Waals surface area contributed by atoms with Crippen LogP contribution in [0.15, 0.2) is 10.6 Å². The summed E-state index contributed by atoms with van der Waals surface area (Å²) in [5, 5.41) is 3.44. The quantitative estimate of drug-likeness (QED) is 0.248. The number of thiol groups is 1. The lowest BCUT2D eigenvalue weighted by atomic mass is 10.4. The first-order valence-electron chi connectivity index (χ1n) is 2.85. The van der Waals surface area contributed by atoms with Crippen LogP contribution in [0.3, 0.4) is 0 Å². The molecule has 1 heterocycles. The van der Waals surface area contributed by atoms with Gasteiger partial charge < -0.3 is 4.52 Å². The summed E-state index contributed by atoms with van der Waals surface area (Å²) in [4.78, 5) is 10.8. The van der Waals surface area contributed by atoms with Gasteiger partial charge >= 0.3 is 0 Å². The third-order valence-electron chi connectivity index (χ3n) is 1.08. The fourth-order valence-electron chi connectivity index (χ4n) is 0.568. The predicted molar refractivity (Wildman–Crippen MR) is 40.8 cm³/mol. The van der Waals surface area contributed by atoms with Gasteiger partial charge in [-0.3, -0.25) is 10.2 Å². The highest BCUT2D eigenvalue weighted by Gasteiger charge is 2.09. The Hall–Kier alpha value is -1.01. The molecule has 0 fully saturated rings. The van der Waals surface area contributed by atoms with Crippen LogP contribution in [0.5, 0.6) is 0 Å².